The highest BCUT2D eigenvalue weighted by molar-refractivity contribution is 5.95. The Labute approximate surface area is 141 Å². The van der Waals surface area contributed by atoms with Crippen molar-refractivity contribution >= 4 is 23.0 Å². The van der Waals surface area contributed by atoms with Crippen LogP contribution in [-0.4, -0.2) is 12.0 Å². The molecule has 0 aromatic heterocycles. The van der Waals surface area contributed by atoms with E-state index in [1.54, 1.807) is 18.3 Å². The van der Waals surface area contributed by atoms with Gasteiger partial charge >= 0.3 is 6.18 Å². The third-order valence-electron chi connectivity index (χ3n) is 3.94. The van der Waals surface area contributed by atoms with E-state index in [2.05, 4.69) is 0 Å². The van der Waals surface area contributed by atoms with Crippen LogP contribution in [0.25, 0.3) is 11.6 Å². The van der Waals surface area contributed by atoms with Crippen molar-refractivity contribution in [3.05, 3.63) is 81.5 Å². The summed E-state index contributed by atoms with van der Waals surface area (Å²) < 4.78 is 40.0. The highest BCUT2D eigenvalue weighted by atomic mass is 19.4. The number of anilines is 1. The van der Waals surface area contributed by atoms with Crippen molar-refractivity contribution in [2.75, 3.05) is 11.9 Å². The monoisotopic (exact) mass is 346 g/mol. The summed E-state index contributed by atoms with van der Waals surface area (Å²) in [6.45, 7) is 0. The number of nitro groups is 1. The van der Waals surface area contributed by atoms with Crippen LogP contribution >= 0.6 is 0 Å². The largest absolute Gasteiger partial charge is 0.417 e. The Bertz CT molecular complexity index is 901. The molecular weight excluding hydrogens is 333 g/mol. The number of alkyl halides is 3. The Hall–Kier alpha value is -3.09. The van der Waals surface area contributed by atoms with Gasteiger partial charge in [0.2, 0.25) is 0 Å². The molecule has 0 amide bonds. The number of rotatable bonds is 2. The van der Waals surface area contributed by atoms with E-state index in [0.717, 1.165) is 23.4 Å². The highest BCUT2D eigenvalue weighted by Gasteiger charge is 2.34. The van der Waals surface area contributed by atoms with Gasteiger partial charge in [0, 0.05) is 36.6 Å². The molecule has 0 N–H and O–H groups in total. The molecule has 2 aromatic carbocycles. The molecule has 1 heterocycles. The Morgan fingerprint density at radius 2 is 1.88 bits per heavy atom. The fourth-order valence-corrected chi connectivity index (χ4v) is 2.71. The first-order chi connectivity index (χ1) is 11.8. The van der Waals surface area contributed by atoms with Crippen LogP contribution in [0.3, 0.4) is 0 Å². The Morgan fingerprint density at radius 3 is 2.56 bits per heavy atom. The van der Waals surface area contributed by atoms with Crippen LogP contribution in [0.15, 0.2) is 54.7 Å². The molecule has 7 heteroatoms. The maximum atomic E-state index is 13.3. The quantitative estimate of drug-likeness (QED) is 0.560. The zero-order valence-corrected chi connectivity index (χ0v) is 13.1. The average Bonchev–Trinajstić information content (AvgIpc) is 2.57. The summed E-state index contributed by atoms with van der Waals surface area (Å²) in [5, 5.41) is 10.8. The molecule has 0 aliphatic carbocycles. The number of fused-ring (bicyclic) bond motifs is 1. The zero-order chi connectivity index (χ0) is 18.2. The first-order valence-electron chi connectivity index (χ1n) is 7.35. The predicted octanol–water partition coefficient (Wildman–Crippen LogP) is 5.12. The van der Waals surface area contributed by atoms with E-state index in [1.165, 1.54) is 6.08 Å². The highest BCUT2D eigenvalue weighted by Crippen LogP contribution is 2.38. The summed E-state index contributed by atoms with van der Waals surface area (Å²) in [5.74, 6) is 0. The number of allylic oxidation sites excluding steroid dienone is 2. The van der Waals surface area contributed by atoms with Gasteiger partial charge in [-0.05, 0) is 35.4 Å². The molecule has 3 rings (SSSR count). The molecule has 0 radical (unpaired) electrons. The van der Waals surface area contributed by atoms with Crippen molar-refractivity contribution in [2.24, 2.45) is 0 Å². The molecule has 25 heavy (non-hydrogen) atoms. The first-order valence-corrected chi connectivity index (χ1v) is 7.35. The van der Waals surface area contributed by atoms with E-state index in [1.807, 2.05) is 30.1 Å². The SMILES string of the molecule is CN1C=CC(=Cc2ccc([N+](=O)[O-])cc2C(F)(F)F)c2ccccc21. The van der Waals surface area contributed by atoms with Crippen molar-refractivity contribution in [3.63, 3.8) is 0 Å². The topological polar surface area (TPSA) is 46.4 Å². The summed E-state index contributed by atoms with van der Waals surface area (Å²) in [7, 11) is 1.85. The third-order valence-corrected chi connectivity index (χ3v) is 3.94. The third kappa shape index (κ3) is 3.26. The van der Waals surface area contributed by atoms with Gasteiger partial charge in [0.05, 0.1) is 10.5 Å². The predicted molar refractivity (Wildman–Crippen MR) is 90.0 cm³/mol. The van der Waals surface area contributed by atoms with Crippen molar-refractivity contribution in [1.82, 2.24) is 0 Å². The molecule has 0 atom stereocenters. The fraction of sp³-hybridized carbons (Fsp3) is 0.111. The van der Waals surface area contributed by atoms with Gasteiger partial charge < -0.3 is 4.90 Å². The summed E-state index contributed by atoms with van der Waals surface area (Å²) in [5.41, 5.74) is 0.531. The molecule has 0 unspecified atom stereocenters. The number of hydrogen-bond acceptors (Lipinski definition) is 3. The van der Waals surface area contributed by atoms with Gasteiger partial charge in [-0.3, -0.25) is 10.1 Å². The summed E-state index contributed by atoms with van der Waals surface area (Å²) >= 11 is 0. The van der Waals surface area contributed by atoms with Gasteiger partial charge in [-0.1, -0.05) is 18.2 Å². The second-order valence-corrected chi connectivity index (χ2v) is 5.57. The second-order valence-electron chi connectivity index (χ2n) is 5.57. The number of nitrogens with zero attached hydrogens (tertiary/aromatic N) is 2. The molecule has 0 saturated heterocycles. The number of non-ortho nitro benzene ring substituents is 1. The van der Waals surface area contributed by atoms with Gasteiger partial charge in [-0.2, -0.15) is 13.2 Å². The van der Waals surface area contributed by atoms with Crippen molar-refractivity contribution in [1.29, 1.82) is 0 Å². The standard InChI is InChI=1S/C18H13F3N2O2/c1-22-9-8-12(15-4-2-3-5-17(15)22)10-13-6-7-14(23(24)25)11-16(13)18(19,20)21/h2-11H,1H3. The lowest BCUT2D eigenvalue weighted by atomic mass is 9.96. The average molecular weight is 346 g/mol. The number of halogens is 3. The van der Waals surface area contributed by atoms with Crippen LogP contribution in [0.2, 0.25) is 0 Å². The number of para-hydroxylation sites is 1. The molecule has 2 aromatic rings. The van der Waals surface area contributed by atoms with Gasteiger partial charge in [-0.15, -0.1) is 0 Å². The summed E-state index contributed by atoms with van der Waals surface area (Å²) in [6, 6.07) is 10.1. The van der Waals surface area contributed by atoms with E-state index in [9.17, 15) is 23.3 Å². The molecule has 1 aliphatic rings. The van der Waals surface area contributed by atoms with E-state index in [0.29, 0.717) is 11.6 Å². The van der Waals surface area contributed by atoms with Crippen LogP contribution < -0.4 is 4.90 Å². The Morgan fingerprint density at radius 1 is 1.16 bits per heavy atom. The van der Waals surface area contributed by atoms with Gasteiger partial charge in [-0.25, -0.2) is 0 Å². The maximum absolute atomic E-state index is 13.3. The minimum Gasteiger partial charge on any atom is -0.351 e. The molecule has 4 nitrogen and oxygen atoms in total. The normalized spacial score (nSPS) is 15.4. The van der Waals surface area contributed by atoms with E-state index >= 15 is 0 Å². The molecule has 0 saturated carbocycles. The van der Waals surface area contributed by atoms with Gasteiger partial charge in [0.15, 0.2) is 0 Å². The lowest BCUT2D eigenvalue weighted by molar-refractivity contribution is -0.385. The molecule has 0 bridgehead atoms. The van der Waals surface area contributed by atoms with Crippen LogP contribution in [0.4, 0.5) is 24.5 Å². The van der Waals surface area contributed by atoms with Crippen molar-refractivity contribution in [2.45, 2.75) is 6.18 Å². The van der Waals surface area contributed by atoms with E-state index < -0.39 is 22.4 Å². The smallest absolute Gasteiger partial charge is 0.351 e. The number of benzene rings is 2. The molecule has 1 aliphatic heterocycles. The lowest BCUT2D eigenvalue weighted by Gasteiger charge is -2.24. The zero-order valence-electron chi connectivity index (χ0n) is 13.1. The van der Waals surface area contributed by atoms with Crippen molar-refractivity contribution < 1.29 is 18.1 Å². The van der Waals surface area contributed by atoms with E-state index in [4.69, 9.17) is 0 Å². The van der Waals surface area contributed by atoms with Crippen LogP contribution in [0, 0.1) is 10.1 Å². The van der Waals surface area contributed by atoms with Gasteiger partial charge in [0.25, 0.3) is 5.69 Å². The van der Waals surface area contributed by atoms with Crippen LogP contribution in [0.1, 0.15) is 16.7 Å². The maximum Gasteiger partial charge on any atom is 0.417 e. The summed E-state index contributed by atoms with van der Waals surface area (Å²) in [4.78, 5) is 11.8. The lowest BCUT2D eigenvalue weighted by Crippen LogP contribution is -2.13. The molecule has 128 valence electrons. The Kier molecular flexibility index (Phi) is 4.08. The van der Waals surface area contributed by atoms with Crippen molar-refractivity contribution in [3.8, 4) is 0 Å². The number of hydrogen-bond donors (Lipinski definition) is 0. The minimum absolute atomic E-state index is 0.114. The molecule has 0 fully saturated rings. The first kappa shape index (κ1) is 16.8. The second kappa shape index (κ2) is 6.08. The van der Waals surface area contributed by atoms with Gasteiger partial charge in [0.1, 0.15) is 0 Å². The van der Waals surface area contributed by atoms with Crippen LogP contribution in [-0.2, 0) is 6.18 Å². The minimum atomic E-state index is -4.69. The Balaban J connectivity index is 2.16. The fourth-order valence-electron chi connectivity index (χ4n) is 2.71. The van der Waals surface area contributed by atoms with Crippen LogP contribution in [0.5, 0.6) is 0 Å². The molecule has 0 spiro atoms. The molecular formula is C18H13F3N2O2. The summed E-state index contributed by atoms with van der Waals surface area (Å²) in [6.07, 6.45) is 0.179. The van der Waals surface area contributed by atoms with E-state index in [-0.39, 0.29) is 5.56 Å². The number of nitro benzene ring substituents is 1.